The van der Waals surface area contributed by atoms with Gasteiger partial charge in [0, 0.05) is 26.2 Å². The summed E-state index contributed by atoms with van der Waals surface area (Å²) in [5, 5.41) is 10.1. The molecule has 0 spiro atoms. The quantitative estimate of drug-likeness (QED) is 0.557. The molecule has 0 aromatic carbocycles. The molecule has 0 unspecified atom stereocenters. The summed E-state index contributed by atoms with van der Waals surface area (Å²) >= 11 is 0. The van der Waals surface area contributed by atoms with E-state index in [1.165, 1.54) is 0 Å². The van der Waals surface area contributed by atoms with Crippen molar-refractivity contribution in [1.29, 1.82) is 0 Å². The van der Waals surface area contributed by atoms with E-state index < -0.39 is 0 Å². The lowest BCUT2D eigenvalue weighted by atomic mass is 10.4. The zero-order valence-electron chi connectivity index (χ0n) is 8.04. The smallest absolute Gasteiger partial charge is 0.0844 e. The Labute approximate surface area is 79.4 Å². The third kappa shape index (κ3) is 5.21. The first-order chi connectivity index (χ1) is 6.43. The van der Waals surface area contributed by atoms with Crippen molar-refractivity contribution in [3.63, 3.8) is 0 Å². The van der Waals surface area contributed by atoms with Crippen LogP contribution in [-0.4, -0.2) is 57.6 Å². The summed E-state index contributed by atoms with van der Waals surface area (Å²) in [6, 6.07) is 0. The van der Waals surface area contributed by atoms with E-state index >= 15 is 0 Å². The van der Waals surface area contributed by atoms with Crippen LogP contribution < -0.4 is 0 Å². The van der Waals surface area contributed by atoms with Crippen LogP contribution in [0.25, 0.3) is 0 Å². The summed E-state index contributed by atoms with van der Waals surface area (Å²) in [4.78, 5) is 2.32. The van der Waals surface area contributed by atoms with Crippen LogP contribution in [0.15, 0.2) is 0 Å². The number of hydrogen-bond acceptors (Lipinski definition) is 3. The lowest BCUT2D eigenvalue weighted by Crippen LogP contribution is -2.38. The summed E-state index contributed by atoms with van der Waals surface area (Å²) in [5.41, 5.74) is 0. The molecule has 1 fully saturated rings. The molecule has 0 aromatic heterocycles. The SMILES string of the molecule is [O]CCCOCCN1CCOCC1. The summed E-state index contributed by atoms with van der Waals surface area (Å²) < 4.78 is 10.5. The van der Waals surface area contributed by atoms with E-state index in [0.717, 1.165) is 39.5 Å². The number of rotatable bonds is 6. The van der Waals surface area contributed by atoms with E-state index in [1.54, 1.807) is 0 Å². The molecule has 0 amide bonds. The van der Waals surface area contributed by atoms with E-state index in [2.05, 4.69) is 4.90 Å². The minimum atomic E-state index is -0.0302. The average molecular weight is 188 g/mol. The van der Waals surface area contributed by atoms with Gasteiger partial charge in [-0.15, -0.1) is 0 Å². The minimum Gasteiger partial charge on any atom is -0.380 e. The normalized spacial score (nSPS) is 19.2. The fraction of sp³-hybridized carbons (Fsp3) is 1.00. The first-order valence-corrected chi connectivity index (χ1v) is 4.89. The van der Waals surface area contributed by atoms with Gasteiger partial charge in [0.1, 0.15) is 0 Å². The second kappa shape index (κ2) is 7.26. The molecule has 4 nitrogen and oxygen atoms in total. The average Bonchev–Trinajstić information content (AvgIpc) is 2.19. The van der Waals surface area contributed by atoms with Crippen molar-refractivity contribution in [2.45, 2.75) is 6.42 Å². The van der Waals surface area contributed by atoms with Gasteiger partial charge in [-0.1, -0.05) is 0 Å². The van der Waals surface area contributed by atoms with Gasteiger partial charge in [-0.3, -0.25) is 4.90 Å². The zero-order chi connectivity index (χ0) is 9.36. The highest BCUT2D eigenvalue weighted by Crippen LogP contribution is 1.95. The van der Waals surface area contributed by atoms with Crippen molar-refractivity contribution in [2.75, 3.05) is 52.7 Å². The van der Waals surface area contributed by atoms with Crippen LogP contribution in [-0.2, 0) is 14.6 Å². The van der Waals surface area contributed by atoms with Gasteiger partial charge < -0.3 is 9.47 Å². The van der Waals surface area contributed by atoms with Crippen LogP contribution in [0.4, 0.5) is 0 Å². The van der Waals surface area contributed by atoms with Crippen molar-refractivity contribution in [2.24, 2.45) is 0 Å². The van der Waals surface area contributed by atoms with Crippen LogP contribution >= 0.6 is 0 Å². The van der Waals surface area contributed by atoms with Gasteiger partial charge in [0.2, 0.25) is 0 Å². The van der Waals surface area contributed by atoms with Crippen molar-refractivity contribution in [3.05, 3.63) is 0 Å². The van der Waals surface area contributed by atoms with Crippen LogP contribution in [0.2, 0.25) is 0 Å². The largest absolute Gasteiger partial charge is 0.380 e. The molecule has 0 atom stereocenters. The first kappa shape index (κ1) is 10.9. The molecular formula is C9H18NO3. The number of morpholine rings is 1. The Bertz CT molecular complexity index is 115. The maximum Gasteiger partial charge on any atom is 0.0844 e. The molecule has 0 bridgehead atoms. The van der Waals surface area contributed by atoms with Crippen LogP contribution in [0.5, 0.6) is 0 Å². The summed E-state index contributed by atoms with van der Waals surface area (Å²) in [7, 11) is 0. The molecule has 1 saturated heterocycles. The van der Waals surface area contributed by atoms with Crippen LogP contribution in [0.1, 0.15) is 6.42 Å². The van der Waals surface area contributed by atoms with Crippen molar-refractivity contribution >= 4 is 0 Å². The van der Waals surface area contributed by atoms with Gasteiger partial charge in [0.15, 0.2) is 0 Å². The van der Waals surface area contributed by atoms with Gasteiger partial charge in [-0.2, -0.15) is 0 Å². The Morgan fingerprint density at radius 1 is 1.23 bits per heavy atom. The monoisotopic (exact) mass is 188 g/mol. The Morgan fingerprint density at radius 3 is 2.69 bits per heavy atom. The number of hydrogen-bond donors (Lipinski definition) is 0. The Hall–Kier alpha value is -0.160. The van der Waals surface area contributed by atoms with E-state index in [-0.39, 0.29) is 6.61 Å². The van der Waals surface area contributed by atoms with E-state index in [9.17, 15) is 5.11 Å². The molecule has 0 aliphatic carbocycles. The molecule has 13 heavy (non-hydrogen) atoms. The fourth-order valence-electron chi connectivity index (χ4n) is 1.28. The highest BCUT2D eigenvalue weighted by molar-refractivity contribution is 4.60. The Morgan fingerprint density at radius 2 is 2.00 bits per heavy atom. The van der Waals surface area contributed by atoms with Gasteiger partial charge in [-0.05, 0) is 6.42 Å². The topological polar surface area (TPSA) is 41.6 Å². The van der Waals surface area contributed by atoms with Gasteiger partial charge in [-0.25, -0.2) is 5.11 Å². The molecule has 77 valence electrons. The number of ether oxygens (including phenoxy) is 2. The summed E-state index contributed by atoms with van der Waals surface area (Å²) in [5.74, 6) is 0. The highest BCUT2D eigenvalue weighted by atomic mass is 16.5. The predicted octanol–water partition coefficient (Wildman–Crippen LogP) is 0.156. The minimum absolute atomic E-state index is 0.0302. The molecule has 0 N–H and O–H groups in total. The number of nitrogens with zero attached hydrogens (tertiary/aromatic N) is 1. The molecule has 1 heterocycles. The maximum absolute atomic E-state index is 10.1. The van der Waals surface area contributed by atoms with Crippen molar-refractivity contribution in [3.8, 4) is 0 Å². The lowest BCUT2D eigenvalue weighted by Gasteiger charge is -2.26. The first-order valence-electron chi connectivity index (χ1n) is 4.89. The standard InChI is InChI=1S/C9H18NO3/c11-5-1-6-12-7-2-10-3-8-13-9-4-10/h1-9H2. The zero-order valence-corrected chi connectivity index (χ0v) is 8.04. The van der Waals surface area contributed by atoms with E-state index in [1.807, 2.05) is 0 Å². The van der Waals surface area contributed by atoms with Gasteiger partial charge in [0.25, 0.3) is 0 Å². The molecule has 1 rings (SSSR count). The molecule has 0 saturated carbocycles. The molecule has 1 radical (unpaired) electrons. The molecular weight excluding hydrogens is 170 g/mol. The lowest BCUT2D eigenvalue weighted by molar-refractivity contribution is 0.0180. The van der Waals surface area contributed by atoms with Crippen LogP contribution in [0.3, 0.4) is 0 Å². The Kier molecular flexibility index (Phi) is 6.10. The van der Waals surface area contributed by atoms with Crippen molar-refractivity contribution < 1.29 is 14.6 Å². The summed E-state index contributed by atoms with van der Waals surface area (Å²) in [6.07, 6.45) is 0.628. The van der Waals surface area contributed by atoms with Crippen LogP contribution in [0, 0.1) is 0 Å². The molecule has 1 aliphatic rings. The van der Waals surface area contributed by atoms with Gasteiger partial charge in [0.05, 0.1) is 26.4 Å². The maximum atomic E-state index is 10.1. The van der Waals surface area contributed by atoms with Gasteiger partial charge >= 0.3 is 0 Å². The molecule has 0 aromatic rings. The molecule has 4 heteroatoms. The molecule has 1 aliphatic heterocycles. The predicted molar refractivity (Wildman–Crippen MR) is 48.2 cm³/mol. The Balaban J connectivity index is 1.86. The van der Waals surface area contributed by atoms with E-state index in [4.69, 9.17) is 9.47 Å². The highest BCUT2D eigenvalue weighted by Gasteiger charge is 2.08. The fourth-order valence-corrected chi connectivity index (χ4v) is 1.28. The third-order valence-corrected chi connectivity index (χ3v) is 2.09. The second-order valence-electron chi connectivity index (χ2n) is 3.12. The summed E-state index contributed by atoms with van der Waals surface area (Å²) in [6.45, 7) is 5.95. The van der Waals surface area contributed by atoms with E-state index in [0.29, 0.717) is 13.0 Å². The second-order valence-corrected chi connectivity index (χ2v) is 3.12. The van der Waals surface area contributed by atoms with Crippen molar-refractivity contribution in [1.82, 2.24) is 4.90 Å². The third-order valence-electron chi connectivity index (χ3n) is 2.09.